The standard InChI is InChI=1S/C18H18FN3O3S2/c19-14-4-3-5-15(12-14)27(23,24)21-10-8-20(9-11-21)13-22-16-6-1-2-7-17(16)25-18(22)26/h1-7,12H,8-11,13H2. The van der Waals surface area contributed by atoms with Gasteiger partial charge >= 0.3 is 0 Å². The van der Waals surface area contributed by atoms with Crippen LogP contribution in [0.2, 0.25) is 0 Å². The fraction of sp³-hybridized carbons (Fsp3) is 0.278. The molecule has 1 aromatic heterocycles. The second-order valence-electron chi connectivity index (χ2n) is 6.38. The highest BCUT2D eigenvalue weighted by atomic mass is 32.2. The number of hydrogen-bond donors (Lipinski definition) is 0. The van der Waals surface area contributed by atoms with Gasteiger partial charge in [0.2, 0.25) is 10.0 Å². The van der Waals surface area contributed by atoms with Crippen LogP contribution in [-0.2, 0) is 16.7 Å². The van der Waals surface area contributed by atoms with E-state index in [0.29, 0.717) is 37.7 Å². The van der Waals surface area contributed by atoms with Gasteiger partial charge in [-0.1, -0.05) is 18.2 Å². The van der Waals surface area contributed by atoms with Gasteiger partial charge in [-0.25, -0.2) is 12.8 Å². The molecule has 0 atom stereocenters. The van der Waals surface area contributed by atoms with Gasteiger partial charge in [0.25, 0.3) is 4.84 Å². The minimum absolute atomic E-state index is 0.0148. The van der Waals surface area contributed by atoms with Crippen molar-refractivity contribution in [3.05, 3.63) is 59.2 Å². The molecule has 4 rings (SSSR count). The molecule has 3 aromatic rings. The van der Waals surface area contributed by atoms with Gasteiger partial charge in [0.15, 0.2) is 5.58 Å². The Kier molecular flexibility index (Phi) is 4.85. The van der Waals surface area contributed by atoms with Crippen LogP contribution in [0.25, 0.3) is 11.1 Å². The van der Waals surface area contributed by atoms with Crippen LogP contribution in [0, 0.1) is 10.7 Å². The van der Waals surface area contributed by atoms with Crippen molar-refractivity contribution in [2.45, 2.75) is 11.6 Å². The molecule has 9 heteroatoms. The van der Waals surface area contributed by atoms with Gasteiger partial charge in [-0.2, -0.15) is 4.31 Å². The predicted octanol–water partition coefficient (Wildman–Crippen LogP) is 3.07. The number of rotatable bonds is 4. The minimum atomic E-state index is -3.69. The number of aromatic nitrogens is 1. The molecule has 27 heavy (non-hydrogen) atoms. The summed E-state index contributed by atoms with van der Waals surface area (Å²) in [6.45, 7) is 2.30. The van der Waals surface area contributed by atoms with Crippen molar-refractivity contribution in [2.24, 2.45) is 0 Å². The molecule has 0 aliphatic carbocycles. The largest absolute Gasteiger partial charge is 0.429 e. The van der Waals surface area contributed by atoms with Gasteiger partial charge in [-0.15, -0.1) is 0 Å². The lowest BCUT2D eigenvalue weighted by molar-refractivity contribution is 0.151. The van der Waals surface area contributed by atoms with E-state index >= 15 is 0 Å². The number of para-hydroxylation sites is 2. The second-order valence-corrected chi connectivity index (χ2v) is 8.67. The molecule has 2 heterocycles. The quantitative estimate of drug-likeness (QED) is 0.622. The summed E-state index contributed by atoms with van der Waals surface area (Å²) in [7, 11) is -3.69. The maximum atomic E-state index is 13.4. The molecule has 2 aromatic carbocycles. The number of hydrogen-bond acceptors (Lipinski definition) is 5. The monoisotopic (exact) mass is 407 g/mol. The van der Waals surface area contributed by atoms with Crippen LogP contribution >= 0.6 is 12.2 Å². The molecule has 1 fully saturated rings. The summed E-state index contributed by atoms with van der Waals surface area (Å²) in [5, 5.41) is 0. The molecule has 0 saturated carbocycles. The zero-order valence-corrected chi connectivity index (χ0v) is 16.0. The fourth-order valence-electron chi connectivity index (χ4n) is 3.24. The van der Waals surface area contributed by atoms with Crippen LogP contribution in [0.4, 0.5) is 4.39 Å². The molecule has 1 aliphatic rings. The van der Waals surface area contributed by atoms with E-state index in [1.165, 1.54) is 22.5 Å². The Morgan fingerprint density at radius 3 is 2.52 bits per heavy atom. The Morgan fingerprint density at radius 2 is 1.78 bits per heavy atom. The average Bonchev–Trinajstić information content (AvgIpc) is 2.98. The molecule has 0 spiro atoms. The Labute approximate surface area is 161 Å². The number of oxazole rings is 1. The van der Waals surface area contributed by atoms with E-state index in [1.54, 1.807) is 0 Å². The van der Waals surface area contributed by atoms with E-state index in [-0.39, 0.29) is 4.90 Å². The molecular formula is C18H18FN3O3S2. The number of sulfonamides is 1. The number of nitrogens with zero attached hydrogens (tertiary/aromatic N) is 3. The first kappa shape index (κ1) is 18.3. The summed E-state index contributed by atoms with van der Waals surface area (Å²) in [6.07, 6.45) is 0. The van der Waals surface area contributed by atoms with Crippen molar-refractivity contribution >= 4 is 33.3 Å². The fourth-order valence-corrected chi connectivity index (χ4v) is 4.94. The summed E-state index contributed by atoms with van der Waals surface area (Å²) >= 11 is 5.31. The first-order chi connectivity index (χ1) is 12.9. The Hall–Kier alpha value is -2.07. The molecule has 1 saturated heterocycles. The summed E-state index contributed by atoms with van der Waals surface area (Å²) in [5.74, 6) is -0.559. The molecule has 0 N–H and O–H groups in total. The van der Waals surface area contributed by atoms with E-state index in [1.807, 2.05) is 28.8 Å². The lowest BCUT2D eigenvalue weighted by Crippen LogP contribution is -2.48. The first-order valence-electron chi connectivity index (χ1n) is 8.51. The van der Waals surface area contributed by atoms with E-state index in [2.05, 4.69) is 4.90 Å². The Morgan fingerprint density at radius 1 is 1.04 bits per heavy atom. The molecule has 142 valence electrons. The SMILES string of the molecule is O=S(=O)(c1cccc(F)c1)N1CCN(Cn2c(=S)oc3ccccc32)CC1. The number of piperazine rings is 1. The average molecular weight is 407 g/mol. The molecule has 6 nitrogen and oxygen atoms in total. The summed E-state index contributed by atoms with van der Waals surface area (Å²) in [4.78, 5) is 2.50. The lowest BCUT2D eigenvalue weighted by atomic mass is 10.3. The molecule has 1 aliphatic heterocycles. The van der Waals surface area contributed by atoms with Crippen molar-refractivity contribution in [3.8, 4) is 0 Å². The maximum Gasteiger partial charge on any atom is 0.270 e. The smallest absolute Gasteiger partial charge is 0.270 e. The lowest BCUT2D eigenvalue weighted by Gasteiger charge is -2.34. The van der Waals surface area contributed by atoms with Gasteiger partial charge in [0.05, 0.1) is 17.1 Å². The number of benzene rings is 2. The highest BCUT2D eigenvalue weighted by Gasteiger charge is 2.29. The van der Waals surface area contributed by atoms with Gasteiger partial charge in [-0.05, 0) is 42.5 Å². The zero-order valence-electron chi connectivity index (χ0n) is 14.4. The Bertz CT molecular complexity index is 1130. The third-order valence-electron chi connectivity index (χ3n) is 4.68. The van der Waals surface area contributed by atoms with Gasteiger partial charge < -0.3 is 4.42 Å². The molecule has 0 amide bonds. The van der Waals surface area contributed by atoms with E-state index < -0.39 is 15.8 Å². The molecule has 0 bridgehead atoms. The zero-order chi connectivity index (χ0) is 19.0. The van der Waals surface area contributed by atoms with Crippen LogP contribution in [0.3, 0.4) is 0 Å². The predicted molar refractivity (Wildman–Crippen MR) is 102 cm³/mol. The molecular weight excluding hydrogens is 389 g/mol. The maximum absolute atomic E-state index is 13.4. The third-order valence-corrected chi connectivity index (χ3v) is 6.88. The topological polar surface area (TPSA) is 58.7 Å². The third kappa shape index (κ3) is 3.55. The van der Waals surface area contributed by atoms with Crippen molar-refractivity contribution in [3.63, 3.8) is 0 Å². The van der Waals surface area contributed by atoms with Crippen molar-refractivity contribution in [2.75, 3.05) is 26.2 Å². The molecule has 0 radical (unpaired) electrons. The number of halogens is 1. The summed E-state index contributed by atoms with van der Waals surface area (Å²) in [6, 6.07) is 12.7. The van der Waals surface area contributed by atoms with Gasteiger partial charge in [0, 0.05) is 26.2 Å². The van der Waals surface area contributed by atoms with Crippen LogP contribution in [0.5, 0.6) is 0 Å². The first-order valence-corrected chi connectivity index (χ1v) is 10.4. The summed E-state index contributed by atoms with van der Waals surface area (Å²) in [5.41, 5.74) is 1.65. The normalized spacial score (nSPS) is 16.8. The van der Waals surface area contributed by atoms with E-state index in [9.17, 15) is 12.8 Å². The van der Waals surface area contributed by atoms with Crippen LogP contribution in [-0.4, -0.2) is 48.4 Å². The van der Waals surface area contributed by atoms with Crippen molar-refractivity contribution in [1.82, 2.24) is 13.8 Å². The van der Waals surface area contributed by atoms with Crippen molar-refractivity contribution in [1.29, 1.82) is 0 Å². The summed E-state index contributed by atoms with van der Waals surface area (Å²) < 4.78 is 47.7. The van der Waals surface area contributed by atoms with E-state index in [4.69, 9.17) is 16.6 Å². The van der Waals surface area contributed by atoms with Crippen LogP contribution < -0.4 is 0 Å². The van der Waals surface area contributed by atoms with Crippen LogP contribution in [0.1, 0.15) is 0 Å². The minimum Gasteiger partial charge on any atom is -0.429 e. The van der Waals surface area contributed by atoms with E-state index in [0.717, 1.165) is 17.2 Å². The highest BCUT2D eigenvalue weighted by molar-refractivity contribution is 7.89. The van der Waals surface area contributed by atoms with Crippen LogP contribution in [0.15, 0.2) is 57.8 Å². The second kappa shape index (κ2) is 7.16. The van der Waals surface area contributed by atoms with Crippen molar-refractivity contribution < 1.29 is 17.2 Å². The highest BCUT2D eigenvalue weighted by Crippen LogP contribution is 2.21. The number of fused-ring (bicyclic) bond motifs is 1. The molecule has 0 unspecified atom stereocenters. The van der Waals surface area contributed by atoms with Gasteiger partial charge in [0.1, 0.15) is 5.82 Å². The Balaban J connectivity index is 1.47. The van der Waals surface area contributed by atoms with Gasteiger partial charge in [-0.3, -0.25) is 9.47 Å².